The third-order valence-electron chi connectivity index (χ3n) is 4.95. The summed E-state index contributed by atoms with van der Waals surface area (Å²) >= 11 is 0. The van der Waals surface area contributed by atoms with E-state index in [-0.39, 0.29) is 11.8 Å². The van der Waals surface area contributed by atoms with E-state index in [4.69, 9.17) is 4.74 Å². The molecule has 2 rings (SSSR count). The third kappa shape index (κ3) is 3.66. The molecule has 1 aromatic rings. The van der Waals surface area contributed by atoms with Gasteiger partial charge in [0.25, 0.3) is 0 Å². The Morgan fingerprint density at radius 1 is 1.39 bits per heavy atom. The number of methoxy groups -OCH3 is 1. The highest BCUT2D eigenvalue weighted by Crippen LogP contribution is 2.38. The summed E-state index contributed by atoms with van der Waals surface area (Å²) in [5.41, 5.74) is 0.247. The maximum absolute atomic E-state index is 12.4. The smallest absolute Gasteiger partial charge is 0.311 e. The molecule has 0 aliphatic carbocycles. The maximum atomic E-state index is 12.4. The molecule has 1 saturated heterocycles. The lowest BCUT2D eigenvalue weighted by atomic mass is 9.76. The molecular weight excluding hydrogens is 294 g/mol. The van der Waals surface area contributed by atoms with Crippen LogP contribution in [-0.2, 0) is 16.0 Å². The van der Waals surface area contributed by atoms with E-state index in [0.717, 1.165) is 11.3 Å². The molecule has 1 N–H and O–H groups in total. The molecule has 0 aromatic heterocycles. The van der Waals surface area contributed by atoms with Crippen LogP contribution < -0.4 is 4.74 Å². The summed E-state index contributed by atoms with van der Waals surface area (Å²) in [7, 11) is 1.62. The molecule has 1 aliphatic heterocycles. The van der Waals surface area contributed by atoms with E-state index in [2.05, 4.69) is 0 Å². The minimum atomic E-state index is -0.800. The molecule has 1 unspecified atom stereocenters. The van der Waals surface area contributed by atoms with Crippen molar-refractivity contribution in [3.05, 3.63) is 29.8 Å². The average Bonchev–Trinajstić information content (AvgIpc) is 2.99. The van der Waals surface area contributed by atoms with Crippen LogP contribution >= 0.6 is 0 Å². The zero-order valence-corrected chi connectivity index (χ0v) is 14.0. The van der Waals surface area contributed by atoms with Crippen molar-refractivity contribution in [3.63, 3.8) is 0 Å². The van der Waals surface area contributed by atoms with Crippen LogP contribution in [0.5, 0.6) is 5.75 Å². The Kier molecular flexibility index (Phi) is 5.29. The number of aryl methyl sites for hydroxylation is 1. The van der Waals surface area contributed by atoms with Crippen molar-refractivity contribution < 1.29 is 19.4 Å². The number of rotatable bonds is 6. The van der Waals surface area contributed by atoms with Gasteiger partial charge in [-0.2, -0.15) is 0 Å². The van der Waals surface area contributed by atoms with Gasteiger partial charge < -0.3 is 14.7 Å². The number of benzene rings is 1. The van der Waals surface area contributed by atoms with Crippen molar-refractivity contribution in [3.8, 4) is 5.75 Å². The van der Waals surface area contributed by atoms with Crippen LogP contribution in [0.15, 0.2) is 24.3 Å². The van der Waals surface area contributed by atoms with Gasteiger partial charge in [-0.05, 0) is 36.5 Å². The number of hydrogen-bond donors (Lipinski definition) is 1. The molecule has 0 spiro atoms. The van der Waals surface area contributed by atoms with Crippen molar-refractivity contribution in [2.24, 2.45) is 11.3 Å². The summed E-state index contributed by atoms with van der Waals surface area (Å²) in [4.78, 5) is 25.7. The normalized spacial score (nSPS) is 20.8. The number of carbonyl (C=O) groups excluding carboxylic acids is 1. The monoisotopic (exact) mass is 319 g/mol. The number of carbonyl (C=O) groups is 2. The highest BCUT2D eigenvalue weighted by atomic mass is 16.5. The Morgan fingerprint density at radius 3 is 2.70 bits per heavy atom. The predicted molar refractivity (Wildman–Crippen MR) is 87.4 cm³/mol. The summed E-state index contributed by atoms with van der Waals surface area (Å²) in [5.74, 6) is 0.0178. The molecule has 1 aliphatic rings. The second-order valence-electron chi connectivity index (χ2n) is 6.53. The molecule has 0 saturated carbocycles. The van der Waals surface area contributed by atoms with Gasteiger partial charge in [0.15, 0.2) is 0 Å². The van der Waals surface area contributed by atoms with Gasteiger partial charge in [-0.3, -0.25) is 9.59 Å². The Morgan fingerprint density at radius 2 is 2.13 bits per heavy atom. The first-order valence-corrected chi connectivity index (χ1v) is 8.03. The van der Waals surface area contributed by atoms with E-state index >= 15 is 0 Å². The minimum Gasteiger partial charge on any atom is -0.497 e. The predicted octanol–water partition coefficient (Wildman–Crippen LogP) is 2.59. The lowest BCUT2D eigenvalue weighted by molar-refractivity contribution is -0.151. The number of carboxylic acids is 1. The van der Waals surface area contributed by atoms with E-state index in [9.17, 15) is 14.7 Å². The van der Waals surface area contributed by atoms with Gasteiger partial charge in [0.2, 0.25) is 5.91 Å². The van der Waals surface area contributed by atoms with Crippen LogP contribution in [0.4, 0.5) is 0 Å². The van der Waals surface area contributed by atoms with Crippen molar-refractivity contribution in [1.82, 2.24) is 4.90 Å². The molecule has 1 heterocycles. The van der Waals surface area contributed by atoms with E-state index in [1.165, 1.54) is 0 Å². The van der Waals surface area contributed by atoms with Crippen molar-refractivity contribution in [2.45, 2.75) is 33.1 Å². The van der Waals surface area contributed by atoms with Gasteiger partial charge in [0.05, 0.1) is 12.5 Å². The zero-order valence-electron chi connectivity index (χ0n) is 14.0. The van der Waals surface area contributed by atoms with Gasteiger partial charge in [-0.1, -0.05) is 26.0 Å². The first-order valence-electron chi connectivity index (χ1n) is 8.03. The fraction of sp³-hybridized carbons (Fsp3) is 0.556. The number of carboxylic acid groups (broad SMARTS) is 1. The first-order chi connectivity index (χ1) is 10.9. The summed E-state index contributed by atoms with van der Waals surface area (Å²) in [6.07, 6.45) is 1.56. The zero-order chi connectivity index (χ0) is 17.0. The minimum absolute atomic E-state index is 0.0104. The Labute approximate surface area is 137 Å². The van der Waals surface area contributed by atoms with Crippen molar-refractivity contribution in [2.75, 3.05) is 20.2 Å². The summed E-state index contributed by atoms with van der Waals surface area (Å²) < 4.78 is 5.18. The van der Waals surface area contributed by atoms with Gasteiger partial charge in [-0.15, -0.1) is 0 Å². The summed E-state index contributed by atoms with van der Waals surface area (Å²) in [5, 5.41) is 9.55. The standard InChI is InChI=1S/C18H25NO4/c1-13(2)18(17(21)22)9-10-19(12-18)16(20)8-7-14-5-4-6-15(11-14)23-3/h4-6,11,13H,7-10,12H2,1-3H3,(H,21,22). The van der Waals surface area contributed by atoms with Crippen LogP contribution in [0.25, 0.3) is 0 Å². The fourth-order valence-corrected chi connectivity index (χ4v) is 3.18. The molecule has 0 radical (unpaired) electrons. The van der Waals surface area contributed by atoms with Crippen molar-refractivity contribution in [1.29, 1.82) is 0 Å². The van der Waals surface area contributed by atoms with Crippen LogP contribution in [0, 0.1) is 11.3 Å². The van der Waals surface area contributed by atoms with E-state index in [0.29, 0.717) is 32.4 Å². The van der Waals surface area contributed by atoms with E-state index in [1.54, 1.807) is 12.0 Å². The Bertz CT molecular complexity index is 584. The fourth-order valence-electron chi connectivity index (χ4n) is 3.18. The second-order valence-corrected chi connectivity index (χ2v) is 6.53. The van der Waals surface area contributed by atoms with Crippen LogP contribution in [0.2, 0.25) is 0 Å². The Hall–Kier alpha value is -2.04. The lowest BCUT2D eigenvalue weighted by Crippen LogP contribution is -2.40. The van der Waals surface area contributed by atoms with E-state index in [1.807, 2.05) is 38.1 Å². The van der Waals surface area contributed by atoms with Gasteiger partial charge >= 0.3 is 5.97 Å². The number of nitrogens with zero attached hydrogens (tertiary/aromatic N) is 1. The number of likely N-dealkylation sites (tertiary alicyclic amines) is 1. The molecule has 126 valence electrons. The maximum Gasteiger partial charge on any atom is 0.311 e. The lowest BCUT2D eigenvalue weighted by Gasteiger charge is -2.28. The molecule has 1 amide bonds. The number of ether oxygens (including phenoxy) is 1. The largest absolute Gasteiger partial charge is 0.497 e. The molecule has 23 heavy (non-hydrogen) atoms. The van der Waals surface area contributed by atoms with Crippen LogP contribution in [-0.4, -0.2) is 42.1 Å². The second kappa shape index (κ2) is 7.02. The highest BCUT2D eigenvalue weighted by molar-refractivity contribution is 5.81. The number of aliphatic carboxylic acids is 1. The number of amides is 1. The highest BCUT2D eigenvalue weighted by Gasteiger charge is 2.48. The topological polar surface area (TPSA) is 66.8 Å². The van der Waals surface area contributed by atoms with Crippen molar-refractivity contribution >= 4 is 11.9 Å². The molecule has 5 heteroatoms. The van der Waals surface area contributed by atoms with Gasteiger partial charge in [0.1, 0.15) is 5.75 Å². The molecule has 1 atom stereocenters. The molecule has 0 bridgehead atoms. The van der Waals surface area contributed by atoms with E-state index < -0.39 is 11.4 Å². The molecule has 1 aromatic carbocycles. The molecule has 1 fully saturated rings. The summed E-state index contributed by atoms with van der Waals surface area (Å²) in [6, 6.07) is 7.67. The van der Waals surface area contributed by atoms with Gasteiger partial charge in [0, 0.05) is 19.5 Å². The SMILES string of the molecule is COc1cccc(CCC(=O)N2CCC(C(=O)O)(C(C)C)C2)c1. The Balaban J connectivity index is 1.95. The average molecular weight is 319 g/mol. The van der Waals surface area contributed by atoms with Crippen LogP contribution in [0.1, 0.15) is 32.3 Å². The third-order valence-corrected chi connectivity index (χ3v) is 4.95. The summed E-state index contributed by atoms with van der Waals surface area (Å²) in [6.45, 7) is 4.68. The molecular formula is C18H25NO4. The van der Waals surface area contributed by atoms with Crippen LogP contribution in [0.3, 0.4) is 0 Å². The first kappa shape index (κ1) is 17.3. The molecule has 5 nitrogen and oxygen atoms in total. The van der Waals surface area contributed by atoms with Gasteiger partial charge in [-0.25, -0.2) is 0 Å². The quantitative estimate of drug-likeness (QED) is 0.875. The number of hydrogen-bond acceptors (Lipinski definition) is 3.